The van der Waals surface area contributed by atoms with Gasteiger partial charge in [0.05, 0.1) is 28.4 Å². The summed E-state index contributed by atoms with van der Waals surface area (Å²) in [6, 6.07) is 14.5. The first-order valence-electron chi connectivity index (χ1n) is 12.4. The van der Waals surface area contributed by atoms with Crippen LogP contribution >= 0.6 is 50.5 Å². The van der Waals surface area contributed by atoms with Crippen LogP contribution in [0.1, 0.15) is 28.2 Å². The van der Waals surface area contributed by atoms with Crippen molar-refractivity contribution in [2.24, 2.45) is 0 Å². The molecule has 5 aromatic rings. The van der Waals surface area contributed by atoms with E-state index in [0.29, 0.717) is 33.0 Å². The van der Waals surface area contributed by atoms with Crippen molar-refractivity contribution in [3.63, 3.8) is 0 Å². The van der Waals surface area contributed by atoms with Gasteiger partial charge in [0.1, 0.15) is 5.82 Å². The van der Waals surface area contributed by atoms with Crippen molar-refractivity contribution in [2.75, 3.05) is 5.32 Å². The first-order chi connectivity index (χ1) is 19.8. The fourth-order valence-corrected chi connectivity index (χ4v) is 5.74. The highest BCUT2D eigenvalue weighted by molar-refractivity contribution is 9.11. The van der Waals surface area contributed by atoms with Gasteiger partial charge >= 0.3 is 6.03 Å². The molecule has 0 atom stereocenters. The number of aromatic nitrogens is 4. The Morgan fingerprint density at radius 1 is 1.07 bits per heavy atom. The normalized spacial score (nSPS) is 11.2. The zero-order valence-electron chi connectivity index (χ0n) is 21.6. The first-order valence-corrected chi connectivity index (χ1v) is 14.8. The van der Waals surface area contributed by atoms with Gasteiger partial charge in [0.15, 0.2) is 10.6 Å². The van der Waals surface area contributed by atoms with Gasteiger partial charge in [0.2, 0.25) is 0 Å². The molecule has 2 aromatic carbocycles. The van der Waals surface area contributed by atoms with E-state index >= 15 is 0 Å². The second-order valence-electron chi connectivity index (χ2n) is 8.99. The van der Waals surface area contributed by atoms with E-state index in [1.54, 1.807) is 42.9 Å². The number of rotatable bonds is 8. The Labute approximate surface area is 258 Å². The van der Waals surface area contributed by atoms with Gasteiger partial charge in [0, 0.05) is 46.2 Å². The standard InChI is InChI=1S/C29H23BrCl2N6O2S/c1-17-20(13-21-22(31)3-2-4-23(21)32)25(39)10-12-38(17)11-9-18-5-7-19(8-6-18)24-14-33-27(36-24)16-34-28(40)37-29-35-15-26(30)41-29/h2-12,14-15H,13,16H2,1H3,(H,33,36)(H2,34,35,37,40)/b11-9+. The lowest BCUT2D eigenvalue weighted by atomic mass is 10.0. The van der Waals surface area contributed by atoms with Crippen molar-refractivity contribution in [1.29, 1.82) is 0 Å². The van der Waals surface area contributed by atoms with Crippen LogP contribution in [0.25, 0.3) is 23.5 Å². The van der Waals surface area contributed by atoms with Gasteiger partial charge in [-0.05, 0) is 57.8 Å². The lowest BCUT2D eigenvalue weighted by Crippen LogP contribution is -2.28. The van der Waals surface area contributed by atoms with Crippen LogP contribution in [-0.4, -0.2) is 25.6 Å². The van der Waals surface area contributed by atoms with Crippen molar-refractivity contribution in [1.82, 2.24) is 24.8 Å². The summed E-state index contributed by atoms with van der Waals surface area (Å²) in [5.41, 5.74) is 4.90. The quantitative estimate of drug-likeness (QED) is 0.158. The third-order valence-corrected chi connectivity index (χ3v) is 8.42. The summed E-state index contributed by atoms with van der Waals surface area (Å²) < 4.78 is 2.74. The van der Waals surface area contributed by atoms with Gasteiger partial charge in [0.25, 0.3) is 0 Å². The number of aromatic amines is 1. The molecule has 0 unspecified atom stereocenters. The molecule has 0 radical (unpaired) electrons. The predicted molar refractivity (Wildman–Crippen MR) is 170 cm³/mol. The predicted octanol–water partition coefficient (Wildman–Crippen LogP) is 7.61. The molecule has 12 heteroatoms. The van der Waals surface area contributed by atoms with Crippen LogP contribution < -0.4 is 16.1 Å². The van der Waals surface area contributed by atoms with Crippen LogP contribution in [0.15, 0.2) is 75.7 Å². The van der Waals surface area contributed by atoms with E-state index in [9.17, 15) is 9.59 Å². The number of imidazole rings is 1. The summed E-state index contributed by atoms with van der Waals surface area (Å²) in [4.78, 5) is 36.4. The van der Waals surface area contributed by atoms with E-state index < -0.39 is 0 Å². The van der Waals surface area contributed by atoms with Crippen LogP contribution in [0, 0.1) is 6.92 Å². The van der Waals surface area contributed by atoms with Crippen molar-refractivity contribution < 1.29 is 4.79 Å². The van der Waals surface area contributed by atoms with E-state index in [1.165, 1.54) is 11.3 Å². The van der Waals surface area contributed by atoms with Crippen LogP contribution in [0.2, 0.25) is 10.0 Å². The van der Waals surface area contributed by atoms with E-state index in [0.717, 1.165) is 31.9 Å². The first kappa shape index (κ1) is 28.8. The maximum absolute atomic E-state index is 12.7. The number of nitrogens with one attached hydrogen (secondary N) is 3. The van der Waals surface area contributed by atoms with Gasteiger partial charge in [-0.15, -0.1) is 0 Å². The number of carbonyl (C=O) groups is 1. The minimum Gasteiger partial charge on any atom is -0.341 e. The summed E-state index contributed by atoms with van der Waals surface area (Å²) in [6.07, 6.45) is 9.33. The molecule has 2 amide bonds. The number of hydrogen-bond donors (Lipinski definition) is 3. The molecule has 0 bridgehead atoms. The zero-order chi connectivity index (χ0) is 28.9. The molecule has 5 rings (SSSR count). The van der Waals surface area contributed by atoms with Gasteiger partial charge in [-0.1, -0.05) is 64.9 Å². The van der Waals surface area contributed by atoms with Gasteiger partial charge in [-0.2, -0.15) is 0 Å². The molecule has 3 N–H and O–H groups in total. The van der Waals surface area contributed by atoms with Crippen LogP contribution in [-0.2, 0) is 13.0 Å². The Bertz CT molecular complexity index is 1780. The smallest absolute Gasteiger partial charge is 0.321 e. The topological polar surface area (TPSA) is 105 Å². The largest absolute Gasteiger partial charge is 0.341 e. The summed E-state index contributed by atoms with van der Waals surface area (Å²) in [7, 11) is 0. The molecule has 0 aliphatic rings. The Morgan fingerprint density at radius 3 is 2.54 bits per heavy atom. The van der Waals surface area contributed by atoms with E-state index in [1.807, 2.05) is 48.0 Å². The monoisotopic (exact) mass is 668 g/mol. The number of nitrogens with zero attached hydrogens (tertiary/aromatic N) is 3. The molecular weight excluding hydrogens is 647 g/mol. The number of anilines is 1. The summed E-state index contributed by atoms with van der Waals surface area (Å²) in [5, 5.41) is 7.01. The molecule has 0 fully saturated rings. The second-order valence-corrected chi connectivity index (χ2v) is 12.2. The van der Waals surface area contributed by atoms with E-state index in [4.69, 9.17) is 23.2 Å². The molecule has 0 aliphatic heterocycles. The Kier molecular flexibility index (Phi) is 9.04. The van der Waals surface area contributed by atoms with Crippen LogP contribution in [0.4, 0.5) is 9.93 Å². The van der Waals surface area contributed by atoms with Crippen molar-refractivity contribution in [3.05, 3.63) is 119 Å². The van der Waals surface area contributed by atoms with Gasteiger partial charge < -0.3 is 14.9 Å². The van der Waals surface area contributed by atoms with Gasteiger partial charge in [-0.3, -0.25) is 10.1 Å². The number of halogens is 3. The highest BCUT2D eigenvalue weighted by Crippen LogP contribution is 2.27. The molecule has 0 aliphatic carbocycles. The number of H-pyrrole nitrogens is 1. The molecule has 3 heterocycles. The average molecular weight is 670 g/mol. The third-order valence-electron chi connectivity index (χ3n) is 6.32. The SMILES string of the molecule is Cc1c(Cc2c(Cl)cccc2Cl)c(=O)ccn1/C=C/c1ccc(-c2cnc(CNC(=O)Nc3ncc(Br)s3)[nH]2)cc1. The summed E-state index contributed by atoms with van der Waals surface area (Å²) in [5.74, 6) is 0.627. The summed E-state index contributed by atoms with van der Waals surface area (Å²) >= 11 is 17.3. The number of hydrogen-bond acceptors (Lipinski definition) is 5. The minimum absolute atomic E-state index is 0.0602. The highest BCUT2D eigenvalue weighted by Gasteiger charge is 2.13. The van der Waals surface area contributed by atoms with Crippen molar-refractivity contribution in [2.45, 2.75) is 19.9 Å². The molecule has 41 heavy (non-hydrogen) atoms. The summed E-state index contributed by atoms with van der Waals surface area (Å²) in [6.45, 7) is 2.14. The van der Waals surface area contributed by atoms with Crippen LogP contribution in [0.5, 0.6) is 0 Å². The zero-order valence-corrected chi connectivity index (χ0v) is 25.5. The Morgan fingerprint density at radius 2 is 1.83 bits per heavy atom. The average Bonchev–Trinajstić information content (AvgIpc) is 3.60. The number of thiazole rings is 1. The lowest BCUT2D eigenvalue weighted by molar-refractivity contribution is 0.251. The number of benzene rings is 2. The molecule has 208 valence electrons. The van der Waals surface area contributed by atoms with Crippen molar-refractivity contribution >= 4 is 73.9 Å². The maximum Gasteiger partial charge on any atom is 0.321 e. The molecule has 0 saturated carbocycles. The van der Waals surface area contributed by atoms with E-state index in [2.05, 4.69) is 41.5 Å². The molecule has 3 aromatic heterocycles. The molecule has 8 nitrogen and oxygen atoms in total. The van der Waals surface area contributed by atoms with E-state index in [-0.39, 0.29) is 18.0 Å². The fourth-order valence-electron chi connectivity index (χ4n) is 4.11. The van der Waals surface area contributed by atoms with Crippen molar-refractivity contribution in [3.8, 4) is 11.3 Å². The fraction of sp³-hybridized carbons (Fsp3) is 0.103. The number of urea groups is 1. The highest BCUT2D eigenvalue weighted by atomic mass is 79.9. The number of amides is 2. The molecule has 0 saturated heterocycles. The Balaban J connectivity index is 1.23. The Hall–Kier alpha value is -3.70. The lowest BCUT2D eigenvalue weighted by Gasteiger charge is -2.12. The second kappa shape index (κ2) is 12.9. The molecule has 0 spiro atoms. The maximum atomic E-state index is 12.7. The number of pyridine rings is 1. The molecular formula is C29H23BrCl2N6O2S. The number of carbonyl (C=O) groups excluding carboxylic acids is 1. The third kappa shape index (κ3) is 7.15. The minimum atomic E-state index is -0.362. The van der Waals surface area contributed by atoms with Gasteiger partial charge in [-0.25, -0.2) is 14.8 Å². The van der Waals surface area contributed by atoms with Crippen LogP contribution in [0.3, 0.4) is 0 Å².